The molecular weight excluding hydrogens is 502 g/mol. The zero-order valence-corrected chi connectivity index (χ0v) is 21.6. The van der Waals surface area contributed by atoms with Gasteiger partial charge in [0.2, 0.25) is 0 Å². The average molecular weight is 524 g/mol. The van der Waals surface area contributed by atoms with Gasteiger partial charge < -0.3 is 9.64 Å². The summed E-state index contributed by atoms with van der Waals surface area (Å²) in [7, 11) is 3.33. The Morgan fingerprint density at radius 1 is 1.08 bits per heavy atom. The number of anilines is 1. The second-order valence-corrected chi connectivity index (χ2v) is 9.82. The highest BCUT2D eigenvalue weighted by Crippen LogP contribution is 2.35. The second-order valence-electron chi connectivity index (χ2n) is 8.35. The van der Waals surface area contributed by atoms with Crippen molar-refractivity contribution in [3.63, 3.8) is 0 Å². The monoisotopic (exact) mass is 523 g/mol. The number of fused-ring (bicyclic) bond motifs is 1. The van der Waals surface area contributed by atoms with Crippen LogP contribution in [0.15, 0.2) is 30.7 Å². The lowest BCUT2D eigenvalue weighted by Crippen LogP contribution is -2.26. The van der Waals surface area contributed by atoms with Gasteiger partial charge in [-0.3, -0.25) is 24.6 Å². The van der Waals surface area contributed by atoms with Crippen molar-refractivity contribution < 1.29 is 14.3 Å². The zero-order chi connectivity index (χ0) is 25.6. The minimum atomic E-state index is -0.362. The van der Waals surface area contributed by atoms with E-state index < -0.39 is 0 Å². The molecule has 0 aliphatic carbocycles. The number of pyridine rings is 2. The quantitative estimate of drug-likeness (QED) is 0.393. The van der Waals surface area contributed by atoms with Gasteiger partial charge in [0.05, 0.1) is 54.3 Å². The van der Waals surface area contributed by atoms with Crippen molar-refractivity contribution in [2.24, 2.45) is 7.05 Å². The van der Waals surface area contributed by atoms with Crippen LogP contribution in [0.4, 0.5) is 5.13 Å². The third kappa shape index (κ3) is 4.31. The molecule has 0 unspecified atom stereocenters. The summed E-state index contributed by atoms with van der Waals surface area (Å²) in [5, 5.41) is 7.78. The molecular formula is C24H22ClN7O3S. The van der Waals surface area contributed by atoms with E-state index in [9.17, 15) is 9.59 Å². The Hall–Kier alpha value is -3.83. The first-order valence-electron chi connectivity index (χ1n) is 11.0. The molecule has 0 spiro atoms. The van der Waals surface area contributed by atoms with Crippen molar-refractivity contribution in [3.05, 3.63) is 69.0 Å². The average Bonchev–Trinajstić information content (AvgIpc) is 3.52. The standard InChI is InChI=1S/C24H22ClN7O3S/c1-12-5-14(15-6-21(25)27-9-19(15)35-4)17(7-26-12)22(33)30-24-29-18-10-32(11-20(18)36-24)23(34)16-8-28-31(3)13(16)2/h5-9H,10-11H2,1-4H3,(H,29,30,33). The summed E-state index contributed by atoms with van der Waals surface area (Å²) in [4.78, 5) is 41.8. The smallest absolute Gasteiger partial charge is 0.259 e. The Balaban J connectivity index is 1.36. The maximum atomic E-state index is 13.3. The van der Waals surface area contributed by atoms with Gasteiger partial charge in [-0.2, -0.15) is 5.10 Å². The van der Waals surface area contributed by atoms with Crippen LogP contribution in [0, 0.1) is 13.8 Å². The van der Waals surface area contributed by atoms with Crippen LogP contribution in [0.1, 0.15) is 42.7 Å². The van der Waals surface area contributed by atoms with E-state index in [0.717, 1.165) is 22.0 Å². The summed E-state index contributed by atoms with van der Waals surface area (Å²) in [6.45, 7) is 4.51. The minimum absolute atomic E-state index is 0.0864. The molecule has 12 heteroatoms. The number of hydrogen-bond donors (Lipinski definition) is 1. The van der Waals surface area contributed by atoms with Gasteiger partial charge in [-0.1, -0.05) is 22.9 Å². The number of nitrogens with one attached hydrogen (secondary N) is 1. The van der Waals surface area contributed by atoms with E-state index in [1.54, 1.807) is 35.0 Å². The fourth-order valence-corrected chi connectivity index (χ4v) is 5.17. The molecule has 4 aromatic rings. The molecule has 10 nitrogen and oxygen atoms in total. The first-order chi connectivity index (χ1) is 17.2. The highest BCUT2D eigenvalue weighted by molar-refractivity contribution is 7.16. The van der Waals surface area contributed by atoms with Crippen LogP contribution in [-0.2, 0) is 20.1 Å². The van der Waals surface area contributed by atoms with E-state index in [2.05, 4.69) is 25.4 Å². The third-order valence-corrected chi connectivity index (χ3v) is 7.26. The maximum Gasteiger partial charge on any atom is 0.259 e. The summed E-state index contributed by atoms with van der Waals surface area (Å²) in [5.41, 5.74) is 4.50. The lowest BCUT2D eigenvalue weighted by Gasteiger charge is -2.15. The predicted molar refractivity (Wildman–Crippen MR) is 135 cm³/mol. The van der Waals surface area contributed by atoms with Crippen LogP contribution in [0.3, 0.4) is 0 Å². The van der Waals surface area contributed by atoms with Gasteiger partial charge in [0.1, 0.15) is 10.9 Å². The van der Waals surface area contributed by atoms with Crippen molar-refractivity contribution >= 4 is 39.9 Å². The molecule has 0 fully saturated rings. The van der Waals surface area contributed by atoms with Gasteiger partial charge in [-0.25, -0.2) is 9.97 Å². The SMILES string of the molecule is COc1cnc(Cl)cc1-c1cc(C)ncc1C(=O)Nc1nc2c(s1)CN(C(=O)c1cnn(C)c1C)C2. The Morgan fingerprint density at radius 3 is 2.58 bits per heavy atom. The van der Waals surface area contributed by atoms with Gasteiger partial charge >= 0.3 is 0 Å². The van der Waals surface area contributed by atoms with Crippen LogP contribution in [0.2, 0.25) is 5.15 Å². The van der Waals surface area contributed by atoms with Gasteiger partial charge in [0, 0.05) is 35.8 Å². The molecule has 1 N–H and O–H groups in total. The van der Waals surface area contributed by atoms with Crippen molar-refractivity contribution in [1.29, 1.82) is 0 Å². The van der Waals surface area contributed by atoms with E-state index in [4.69, 9.17) is 16.3 Å². The number of nitrogens with zero attached hydrogens (tertiary/aromatic N) is 6. The fraction of sp³-hybridized carbons (Fsp3) is 0.250. The largest absolute Gasteiger partial charge is 0.494 e. The lowest BCUT2D eigenvalue weighted by atomic mass is 10.0. The molecule has 1 aliphatic heterocycles. The summed E-state index contributed by atoms with van der Waals surface area (Å²) < 4.78 is 7.11. The molecule has 5 heterocycles. The molecule has 1 aliphatic rings. The first kappa shape index (κ1) is 23.9. The van der Waals surface area contributed by atoms with E-state index in [0.29, 0.717) is 46.2 Å². The maximum absolute atomic E-state index is 13.3. The first-order valence-corrected chi connectivity index (χ1v) is 12.2. The van der Waals surface area contributed by atoms with E-state index >= 15 is 0 Å². The van der Waals surface area contributed by atoms with Crippen molar-refractivity contribution in [3.8, 4) is 16.9 Å². The van der Waals surface area contributed by atoms with Crippen LogP contribution >= 0.6 is 22.9 Å². The van der Waals surface area contributed by atoms with Crippen LogP contribution in [0.25, 0.3) is 11.1 Å². The predicted octanol–water partition coefficient (Wildman–Crippen LogP) is 4.02. The summed E-state index contributed by atoms with van der Waals surface area (Å²) in [6, 6.07) is 3.45. The molecule has 0 saturated heterocycles. The number of amides is 2. The zero-order valence-electron chi connectivity index (χ0n) is 20.0. The molecule has 0 aromatic carbocycles. The molecule has 0 radical (unpaired) electrons. The number of carbonyl (C=O) groups is 2. The van der Waals surface area contributed by atoms with Crippen molar-refractivity contribution in [1.82, 2.24) is 29.6 Å². The van der Waals surface area contributed by atoms with Crippen molar-refractivity contribution in [2.45, 2.75) is 26.9 Å². The lowest BCUT2D eigenvalue weighted by molar-refractivity contribution is 0.0750. The Labute approximate surface area is 215 Å². The van der Waals surface area contributed by atoms with Crippen LogP contribution in [0.5, 0.6) is 5.75 Å². The fourth-order valence-electron chi connectivity index (χ4n) is 4.04. The van der Waals surface area contributed by atoms with Crippen LogP contribution in [-0.4, -0.2) is 48.6 Å². The normalized spacial score (nSPS) is 12.5. The topological polar surface area (TPSA) is 115 Å². The molecule has 4 aromatic heterocycles. The number of thiazole rings is 1. The molecule has 0 saturated carbocycles. The Morgan fingerprint density at radius 2 is 1.89 bits per heavy atom. The highest BCUT2D eigenvalue weighted by Gasteiger charge is 2.30. The molecule has 5 rings (SSSR count). The van der Waals surface area contributed by atoms with Crippen LogP contribution < -0.4 is 10.1 Å². The van der Waals surface area contributed by atoms with Gasteiger partial charge in [-0.05, 0) is 26.0 Å². The van der Waals surface area contributed by atoms with Crippen molar-refractivity contribution in [2.75, 3.05) is 12.4 Å². The number of carbonyl (C=O) groups excluding carboxylic acids is 2. The Kier molecular flexibility index (Phi) is 6.19. The minimum Gasteiger partial charge on any atom is -0.494 e. The van der Waals surface area contributed by atoms with Gasteiger partial charge in [-0.15, -0.1) is 0 Å². The number of hydrogen-bond acceptors (Lipinski definition) is 8. The number of rotatable bonds is 5. The number of aryl methyl sites for hydroxylation is 2. The Bertz CT molecular complexity index is 1490. The van der Waals surface area contributed by atoms with E-state index in [-0.39, 0.29) is 17.0 Å². The van der Waals surface area contributed by atoms with Gasteiger partial charge in [0.15, 0.2) is 5.13 Å². The number of aromatic nitrogens is 5. The number of methoxy groups -OCH3 is 1. The van der Waals surface area contributed by atoms with E-state index in [1.165, 1.54) is 30.8 Å². The molecule has 0 bridgehead atoms. The second kappa shape index (κ2) is 9.32. The molecule has 36 heavy (non-hydrogen) atoms. The number of ether oxygens (including phenoxy) is 1. The summed E-state index contributed by atoms with van der Waals surface area (Å²) in [6.07, 6.45) is 4.62. The number of halogens is 1. The summed E-state index contributed by atoms with van der Waals surface area (Å²) >= 11 is 7.48. The van der Waals surface area contributed by atoms with E-state index in [1.807, 2.05) is 13.8 Å². The van der Waals surface area contributed by atoms with Gasteiger partial charge in [0.25, 0.3) is 11.8 Å². The molecule has 2 amide bonds. The summed E-state index contributed by atoms with van der Waals surface area (Å²) in [5.74, 6) is 0.0384. The third-order valence-electron chi connectivity index (χ3n) is 6.06. The molecule has 0 atom stereocenters. The molecule has 184 valence electrons. The highest BCUT2D eigenvalue weighted by atomic mass is 35.5.